The van der Waals surface area contributed by atoms with Gasteiger partial charge in [-0.1, -0.05) is 147 Å². The van der Waals surface area contributed by atoms with Crippen LogP contribution in [0.3, 0.4) is 0 Å². The Morgan fingerprint density at radius 1 is 0.690 bits per heavy atom. The van der Waals surface area contributed by atoms with Crippen molar-refractivity contribution in [1.29, 1.82) is 0 Å². The molecule has 0 nitrogen and oxygen atoms in total. The standard InChI is InChI=1S/C14H28.C10H22.C3H8.C2H6/c1-11(2)7-5-8-12(3)14-10-6-9-13(14)4;1-5-9(3)7-8-10(4)6-2;1-3-2;1-2/h11-14H,5-10H2,1-4H3;9-10H,5-8H2,1-4H3;3H2,1-2H3;1-2H3. The maximum atomic E-state index is 2.48. The summed E-state index contributed by atoms with van der Waals surface area (Å²) in [7, 11) is 0. The molecule has 0 saturated heterocycles. The van der Waals surface area contributed by atoms with Crippen LogP contribution in [-0.4, -0.2) is 0 Å². The molecule has 0 amide bonds. The summed E-state index contributed by atoms with van der Waals surface area (Å²) in [6.45, 7) is 27.1. The summed E-state index contributed by atoms with van der Waals surface area (Å²) >= 11 is 0. The van der Waals surface area contributed by atoms with Gasteiger partial charge in [-0.3, -0.25) is 0 Å². The van der Waals surface area contributed by atoms with Crippen LogP contribution in [0.1, 0.15) is 154 Å². The number of rotatable bonds is 10. The van der Waals surface area contributed by atoms with Crippen molar-refractivity contribution in [3.8, 4) is 0 Å². The van der Waals surface area contributed by atoms with Crippen molar-refractivity contribution >= 4 is 0 Å². The molecule has 1 rings (SSSR count). The lowest BCUT2D eigenvalue weighted by molar-refractivity contribution is 0.270. The van der Waals surface area contributed by atoms with Gasteiger partial charge in [0.25, 0.3) is 0 Å². The average Bonchev–Trinajstić information content (AvgIpc) is 3.14. The molecule has 1 saturated carbocycles. The first-order valence-electron chi connectivity index (χ1n) is 13.7. The van der Waals surface area contributed by atoms with E-state index in [1.165, 1.54) is 70.6 Å². The van der Waals surface area contributed by atoms with Crippen LogP contribution in [0.5, 0.6) is 0 Å². The SMILES string of the molecule is CC.CC(C)CCCC(C)C1CCCC1C.CCC.CCC(C)CCC(C)CC. The smallest absolute Gasteiger partial charge is 0.0363 e. The largest absolute Gasteiger partial charge is 0.0683 e. The molecule has 0 N–H and O–H groups in total. The van der Waals surface area contributed by atoms with Crippen LogP contribution < -0.4 is 0 Å². The zero-order chi connectivity index (χ0) is 23.2. The van der Waals surface area contributed by atoms with Crippen molar-refractivity contribution in [2.45, 2.75) is 154 Å². The Labute approximate surface area is 189 Å². The fraction of sp³-hybridized carbons (Fsp3) is 1.00. The molecule has 180 valence electrons. The molecule has 0 heteroatoms. The van der Waals surface area contributed by atoms with E-state index >= 15 is 0 Å². The van der Waals surface area contributed by atoms with E-state index in [1.54, 1.807) is 0 Å². The minimum atomic E-state index is 0.892. The lowest BCUT2D eigenvalue weighted by Gasteiger charge is -2.23. The molecule has 0 heterocycles. The molecular weight excluding hydrogens is 348 g/mol. The molecular formula is C29H64. The molecule has 0 aromatic rings. The Bertz CT molecular complexity index is 270. The molecule has 1 aliphatic carbocycles. The van der Waals surface area contributed by atoms with E-state index in [0.717, 1.165) is 35.5 Å². The van der Waals surface area contributed by atoms with Crippen LogP contribution >= 0.6 is 0 Å². The summed E-state index contributed by atoms with van der Waals surface area (Å²) in [4.78, 5) is 0. The highest BCUT2D eigenvalue weighted by Crippen LogP contribution is 2.38. The van der Waals surface area contributed by atoms with Gasteiger partial charge in [0, 0.05) is 0 Å². The van der Waals surface area contributed by atoms with Crippen molar-refractivity contribution < 1.29 is 0 Å². The summed E-state index contributed by atoms with van der Waals surface area (Å²) in [5.41, 5.74) is 0. The minimum absolute atomic E-state index is 0.892. The zero-order valence-corrected chi connectivity index (χ0v) is 23.2. The average molecular weight is 413 g/mol. The Kier molecular flexibility index (Phi) is 28.1. The molecule has 1 fully saturated rings. The highest BCUT2D eigenvalue weighted by Gasteiger charge is 2.27. The second-order valence-corrected chi connectivity index (χ2v) is 10.2. The van der Waals surface area contributed by atoms with Crippen molar-refractivity contribution in [2.75, 3.05) is 0 Å². The van der Waals surface area contributed by atoms with Gasteiger partial charge in [0.2, 0.25) is 0 Å². The molecule has 1 aliphatic rings. The van der Waals surface area contributed by atoms with E-state index in [9.17, 15) is 0 Å². The molecule has 0 radical (unpaired) electrons. The van der Waals surface area contributed by atoms with Crippen molar-refractivity contribution in [3.63, 3.8) is 0 Å². The lowest BCUT2D eigenvalue weighted by atomic mass is 9.82. The highest BCUT2D eigenvalue weighted by atomic mass is 14.3. The fourth-order valence-corrected chi connectivity index (χ4v) is 4.06. The Balaban J connectivity index is -0.000000395. The fourth-order valence-electron chi connectivity index (χ4n) is 4.06. The predicted molar refractivity (Wildman–Crippen MR) is 140 cm³/mol. The topological polar surface area (TPSA) is 0 Å². The molecule has 0 bridgehead atoms. The Morgan fingerprint density at radius 2 is 1.14 bits per heavy atom. The number of hydrogen-bond donors (Lipinski definition) is 0. The Morgan fingerprint density at radius 3 is 1.45 bits per heavy atom. The second kappa shape index (κ2) is 24.3. The molecule has 29 heavy (non-hydrogen) atoms. The van der Waals surface area contributed by atoms with Gasteiger partial charge in [-0.15, -0.1) is 0 Å². The van der Waals surface area contributed by atoms with E-state index in [2.05, 4.69) is 69.2 Å². The molecule has 5 atom stereocenters. The van der Waals surface area contributed by atoms with Gasteiger partial charge >= 0.3 is 0 Å². The van der Waals surface area contributed by atoms with E-state index in [0.29, 0.717) is 0 Å². The second-order valence-electron chi connectivity index (χ2n) is 10.2. The van der Waals surface area contributed by atoms with Gasteiger partial charge in [0.15, 0.2) is 0 Å². The third kappa shape index (κ3) is 22.5. The summed E-state index contributed by atoms with van der Waals surface area (Å²) in [5, 5.41) is 0. The zero-order valence-electron chi connectivity index (χ0n) is 23.2. The first-order chi connectivity index (χ1) is 13.7. The van der Waals surface area contributed by atoms with Crippen molar-refractivity contribution in [2.24, 2.45) is 35.5 Å². The van der Waals surface area contributed by atoms with Crippen LogP contribution in [0.15, 0.2) is 0 Å². The van der Waals surface area contributed by atoms with E-state index < -0.39 is 0 Å². The van der Waals surface area contributed by atoms with Gasteiger partial charge < -0.3 is 0 Å². The van der Waals surface area contributed by atoms with Crippen LogP contribution in [0.4, 0.5) is 0 Å². The van der Waals surface area contributed by atoms with E-state index in [4.69, 9.17) is 0 Å². The van der Waals surface area contributed by atoms with Gasteiger partial charge in [0.05, 0.1) is 0 Å². The molecule has 0 aliphatic heterocycles. The first-order valence-corrected chi connectivity index (χ1v) is 13.7. The summed E-state index contributed by atoms with van der Waals surface area (Å²) < 4.78 is 0. The van der Waals surface area contributed by atoms with Gasteiger partial charge in [-0.05, 0) is 41.9 Å². The van der Waals surface area contributed by atoms with Gasteiger partial charge in [-0.2, -0.15) is 0 Å². The maximum absolute atomic E-state index is 2.48. The monoisotopic (exact) mass is 413 g/mol. The predicted octanol–water partition coefficient (Wildman–Crippen LogP) is 11.2. The molecule has 5 unspecified atom stereocenters. The maximum Gasteiger partial charge on any atom is -0.0363 e. The third-order valence-corrected chi connectivity index (χ3v) is 6.65. The first kappa shape index (κ1) is 33.6. The normalized spacial score (nSPS) is 21.0. The number of hydrogen-bond acceptors (Lipinski definition) is 0. The Hall–Kier alpha value is 0. The van der Waals surface area contributed by atoms with Crippen LogP contribution in [0.2, 0.25) is 0 Å². The summed E-state index contributed by atoms with van der Waals surface area (Å²) in [6.07, 6.45) is 15.6. The minimum Gasteiger partial charge on any atom is -0.0683 e. The van der Waals surface area contributed by atoms with E-state index in [1.807, 2.05) is 13.8 Å². The molecule has 0 aromatic heterocycles. The molecule has 0 aromatic carbocycles. The lowest BCUT2D eigenvalue weighted by Crippen LogP contribution is -2.14. The van der Waals surface area contributed by atoms with Crippen LogP contribution in [-0.2, 0) is 0 Å². The highest BCUT2D eigenvalue weighted by molar-refractivity contribution is 4.78. The van der Waals surface area contributed by atoms with Crippen LogP contribution in [0.25, 0.3) is 0 Å². The van der Waals surface area contributed by atoms with Crippen molar-refractivity contribution in [1.82, 2.24) is 0 Å². The third-order valence-electron chi connectivity index (χ3n) is 6.65. The van der Waals surface area contributed by atoms with Gasteiger partial charge in [0.1, 0.15) is 0 Å². The van der Waals surface area contributed by atoms with E-state index in [-0.39, 0.29) is 0 Å². The summed E-state index contributed by atoms with van der Waals surface area (Å²) in [5.74, 6) is 5.80. The molecule has 0 spiro atoms. The van der Waals surface area contributed by atoms with Gasteiger partial charge in [-0.25, -0.2) is 0 Å². The summed E-state index contributed by atoms with van der Waals surface area (Å²) in [6, 6.07) is 0. The van der Waals surface area contributed by atoms with Crippen molar-refractivity contribution in [3.05, 3.63) is 0 Å². The quantitative estimate of drug-likeness (QED) is 0.334. The van der Waals surface area contributed by atoms with Crippen LogP contribution in [0, 0.1) is 35.5 Å².